The van der Waals surface area contributed by atoms with Gasteiger partial charge in [0.25, 0.3) is 5.91 Å². The molecule has 0 spiro atoms. The number of rotatable bonds is 10. The number of nitrogens with zero attached hydrogens (tertiary/aromatic N) is 1. The lowest BCUT2D eigenvalue weighted by atomic mass is 10.0. The van der Waals surface area contributed by atoms with Gasteiger partial charge in [0.2, 0.25) is 10.0 Å². The molecule has 0 aromatic heterocycles. The van der Waals surface area contributed by atoms with Crippen LogP contribution in [-0.4, -0.2) is 64.7 Å². The topological polar surface area (TPSA) is 94.2 Å². The maximum atomic E-state index is 12.6. The summed E-state index contributed by atoms with van der Waals surface area (Å²) in [4.78, 5) is 12.2. The van der Waals surface area contributed by atoms with Crippen LogP contribution in [0.1, 0.15) is 25.3 Å². The Balaban J connectivity index is 1.37. The van der Waals surface area contributed by atoms with Gasteiger partial charge in [0.05, 0.1) is 24.7 Å². The Hall–Kier alpha value is -2.62. The van der Waals surface area contributed by atoms with Crippen molar-refractivity contribution >= 4 is 15.9 Å². The van der Waals surface area contributed by atoms with Crippen molar-refractivity contribution < 1.29 is 27.4 Å². The van der Waals surface area contributed by atoms with Crippen LogP contribution in [0, 0.1) is 0 Å². The molecule has 1 amide bonds. The average Bonchev–Trinajstić information content (AvgIpc) is 2.81. The summed E-state index contributed by atoms with van der Waals surface area (Å²) in [5.74, 6) is 1.38. The van der Waals surface area contributed by atoms with Crippen LogP contribution in [0.3, 0.4) is 0 Å². The zero-order valence-electron chi connectivity index (χ0n) is 18.5. The summed E-state index contributed by atoms with van der Waals surface area (Å²) in [6, 6.07) is 14.0. The normalized spacial score (nSPS) is 14.8. The maximum Gasteiger partial charge on any atom is 0.258 e. The fraction of sp³-hybridized carbons (Fsp3) is 0.435. The number of morpholine rings is 1. The van der Waals surface area contributed by atoms with E-state index in [1.807, 2.05) is 24.3 Å². The van der Waals surface area contributed by atoms with Gasteiger partial charge in [-0.15, -0.1) is 0 Å². The number of ether oxygens (including phenoxy) is 3. The fourth-order valence-electron chi connectivity index (χ4n) is 3.15. The molecular weight excluding hydrogens is 432 g/mol. The van der Waals surface area contributed by atoms with Gasteiger partial charge < -0.3 is 19.5 Å². The van der Waals surface area contributed by atoms with Gasteiger partial charge in [0, 0.05) is 13.1 Å². The van der Waals surface area contributed by atoms with Crippen molar-refractivity contribution in [3.05, 3.63) is 54.1 Å². The zero-order chi connectivity index (χ0) is 23.0. The van der Waals surface area contributed by atoms with Crippen molar-refractivity contribution in [2.45, 2.75) is 24.7 Å². The van der Waals surface area contributed by atoms with Crippen molar-refractivity contribution in [3.8, 4) is 11.5 Å². The Labute approximate surface area is 189 Å². The highest BCUT2D eigenvalue weighted by molar-refractivity contribution is 7.89. The standard InChI is InChI=1S/C23H30N2O6S/c1-18(2)19-3-5-21(6-4-19)31-17-23(26)24-11-14-30-20-7-9-22(10-8-20)32(27,28)25-12-15-29-16-13-25/h3-10,18H,11-17H2,1-2H3,(H,24,26). The Morgan fingerprint density at radius 1 is 1.00 bits per heavy atom. The molecule has 3 rings (SSSR count). The van der Waals surface area contributed by atoms with Crippen molar-refractivity contribution in [3.63, 3.8) is 0 Å². The van der Waals surface area contributed by atoms with Gasteiger partial charge in [0.15, 0.2) is 6.61 Å². The van der Waals surface area contributed by atoms with E-state index < -0.39 is 10.0 Å². The van der Waals surface area contributed by atoms with Crippen LogP contribution in [-0.2, 0) is 19.6 Å². The van der Waals surface area contributed by atoms with E-state index in [1.54, 1.807) is 12.1 Å². The molecule has 0 aliphatic carbocycles. The Morgan fingerprint density at radius 2 is 1.59 bits per heavy atom. The lowest BCUT2D eigenvalue weighted by Gasteiger charge is -2.26. The van der Waals surface area contributed by atoms with E-state index in [2.05, 4.69) is 19.2 Å². The van der Waals surface area contributed by atoms with E-state index in [0.29, 0.717) is 50.3 Å². The van der Waals surface area contributed by atoms with Gasteiger partial charge in [-0.25, -0.2) is 8.42 Å². The predicted octanol–water partition coefficient (Wildman–Crippen LogP) is 2.40. The van der Waals surface area contributed by atoms with Crippen LogP contribution in [0.5, 0.6) is 11.5 Å². The highest BCUT2D eigenvalue weighted by atomic mass is 32.2. The van der Waals surface area contributed by atoms with E-state index >= 15 is 0 Å². The van der Waals surface area contributed by atoms with E-state index in [0.717, 1.165) is 0 Å². The molecule has 1 aliphatic heterocycles. The molecule has 1 N–H and O–H groups in total. The Kier molecular flexibility index (Phi) is 8.49. The van der Waals surface area contributed by atoms with E-state index in [1.165, 1.54) is 22.0 Å². The Morgan fingerprint density at radius 3 is 2.22 bits per heavy atom. The van der Waals surface area contributed by atoms with Crippen LogP contribution in [0.2, 0.25) is 0 Å². The van der Waals surface area contributed by atoms with Gasteiger partial charge in [-0.05, 0) is 47.9 Å². The second-order valence-corrected chi connectivity index (χ2v) is 9.64. The van der Waals surface area contributed by atoms with Crippen molar-refractivity contribution in [2.75, 3.05) is 46.1 Å². The summed E-state index contributed by atoms with van der Waals surface area (Å²) in [7, 11) is -3.52. The quantitative estimate of drug-likeness (QED) is 0.545. The van der Waals surface area contributed by atoms with Crippen molar-refractivity contribution in [2.24, 2.45) is 0 Å². The highest BCUT2D eigenvalue weighted by Gasteiger charge is 2.26. The molecule has 2 aromatic rings. The van der Waals surface area contributed by atoms with Crippen molar-refractivity contribution in [1.29, 1.82) is 0 Å². The molecule has 1 heterocycles. The number of carbonyl (C=O) groups is 1. The molecule has 0 unspecified atom stereocenters. The average molecular weight is 463 g/mol. The summed E-state index contributed by atoms with van der Waals surface area (Å²) in [6.45, 7) is 6.24. The lowest BCUT2D eigenvalue weighted by molar-refractivity contribution is -0.123. The molecule has 9 heteroatoms. The number of hydrogen-bond donors (Lipinski definition) is 1. The maximum absolute atomic E-state index is 12.6. The molecule has 8 nitrogen and oxygen atoms in total. The largest absolute Gasteiger partial charge is 0.492 e. The fourth-order valence-corrected chi connectivity index (χ4v) is 4.56. The van der Waals surface area contributed by atoms with Crippen molar-refractivity contribution in [1.82, 2.24) is 9.62 Å². The predicted molar refractivity (Wildman–Crippen MR) is 121 cm³/mol. The molecule has 1 fully saturated rings. The first-order chi connectivity index (χ1) is 15.4. The summed E-state index contributed by atoms with van der Waals surface area (Å²) in [6.07, 6.45) is 0. The molecule has 174 valence electrons. The number of sulfonamides is 1. The van der Waals surface area contributed by atoms with Crippen LogP contribution >= 0.6 is 0 Å². The van der Waals surface area contributed by atoms with Gasteiger partial charge in [-0.3, -0.25) is 4.79 Å². The van der Waals surface area contributed by atoms with Gasteiger partial charge in [0.1, 0.15) is 18.1 Å². The number of benzene rings is 2. The van der Waals surface area contributed by atoms with Gasteiger partial charge in [-0.1, -0.05) is 26.0 Å². The molecule has 1 aliphatic rings. The molecule has 2 aromatic carbocycles. The van der Waals surface area contributed by atoms with E-state index in [9.17, 15) is 13.2 Å². The monoisotopic (exact) mass is 462 g/mol. The molecular formula is C23H30N2O6S. The summed E-state index contributed by atoms with van der Waals surface area (Å²) >= 11 is 0. The first-order valence-corrected chi connectivity index (χ1v) is 12.1. The second kappa shape index (κ2) is 11.3. The minimum absolute atomic E-state index is 0.0743. The minimum Gasteiger partial charge on any atom is -0.492 e. The SMILES string of the molecule is CC(C)c1ccc(OCC(=O)NCCOc2ccc(S(=O)(=O)N3CCOCC3)cc2)cc1. The summed E-state index contributed by atoms with van der Waals surface area (Å²) < 4.78 is 42.9. The third kappa shape index (κ3) is 6.69. The number of hydrogen-bond acceptors (Lipinski definition) is 6. The number of amides is 1. The number of carbonyl (C=O) groups excluding carboxylic acids is 1. The van der Waals surface area contributed by atoms with E-state index in [-0.39, 0.29) is 24.0 Å². The first-order valence-electron chi connectivity index (χ1n) is 10.7. The molecule has 0 radical (unpaired) electrons. The Bertz CT molecular complexity index is 969. The summed E-state index contributed by atoms with van der Waals surface area (Å²) in [5.41, 5.74) is 1.21. The minimum atomic E-state index is -3.52. The zero-order valence-corrected chi connectivity index (χ0v) is 19.3. The third-order valence-electron chi connectivity index (χ3n) is 5.04. The van der Waals surface area contributed by atoms with Gasteiger partial charge >= 0.3 is 0 Å². The van der Waals surface area contributed by atoms with Crippen LogP contribution < -0.4 is 14.8 Å². The van der Waals surface area contributed by atoms with Crippen LogP contribution in [0.15, 0.2) is 53.4 Å². The third-order valence-corrected chi connectivity index (χ3v) is 6.95. The van der Waals surface area contributed by atoms with Crippen LogP contribution in [0.25, 0.3) is 0 Å². The van der Waals surface area contributed by atoms with Gasteiger partial charge in [-0.2, -0.15) is 4.31 Å². The first kappa shape index (κ1) is 24.0. The smallest absolute Gasteiger partial charge is 0.258 e. The second-order valence-electron chi connectivity index (χ2n) is 7.70. The molecule has 0 atom stereocenters. The van der Waals surface area contributed by atoms with E-state index in [4.69, 9.17) is 14.2 Å². The molecule has 1 saturated heterocycles. The van der Waals surface area contributed by atoms with Crippen LogP contribution in [0.4, 0.5) is 0 Å². The number of nitrogens with one attached hydrogen (secondary N) is 1. The molecule has 0 bridgehead atoms. The molecule has 32 heavy (non-hydrogen) atoms. The lowest BCUT2D eigenvalue weighted by Crippen LogP contribution is -2.40. The summed E-state index contributed by atoms with van der Waals surface area (Å²) in [5, 5.41) is 2.73. The molecule has 0 saturated carbocycles. The highest BCUT2D eigenvalue weighted by Crippen LogP contribution is 2.21.